The van der Waals surface area contributed by atoms with E-state index in [0.29, 0.717) is 5.02 Å². The SMILES string of the molecule is O=C(N=Cc1c(O)n(-c2cccc(Cl)c2)c(=O)[nH]c1=O)Nc1ccc(F)cc1. The van der Waals surface area contributed by atoms with Gasteiger partial charge in [0.1, 0.15) is 11.4 Å². The van der Waals surface area contributed by atoms with E-state index in [1.807, 2.05) is 4.98 Å². The zero-order valence-corrected chi connectivity index (χ0v) is 14.8. The number of carbonyl (C=O) groups excluding carboxylic acids is 1. The molecule has 0 bridgehead atoms. The number of halogens is 2. The van der Waals surface area contributed by atoms with Crippen molar-refractivity contribution in [1.82, 2.24) is 9.55 Å². The number of urea groups is 1. The molecule has 1 aromatic heterocycles. The van der Waals surface area contributed by atoms with Gasteiger partial charge in [-0.3, -0.25) is 9.78 Å². The molecule has 3 N–H and O–H groups in total. The summed E-state index contributed by atoms with van der Waals surface area (Å²) in [6.45, 7) is 0. The van der Waals surface area contributed by atoms with Crippen LogP contribution in [0.2, 0.25) is 5.02 Å². The monoisotopic (exact) mass is 402 g/mol. The Hall–Kier alpha value is -3.72. The van der Waals surface area contributed by atoms with E-state index in [9.17, 15) is 23.9 Å². The molecule has 28 heavy (non-hydrogen) atoms. The first-order chi connectivity index (χ1) is 13.3. The Kier molecular flexibility index (Phi) is 5.37. The van der Waals surface area contributed by atoms with Crippen molar-refractivity contribution in [3.8, 4) is 11.6 Å². The third-order valence-electron chi connectivity index (χ3n) is 3.59. The smallest absolute Gasteiger partial charge is 0.345 e. The number of benzene rings is 2. The first-order valence-corrected chi connectivity index (χ1v) is 8.18. The minimum Gasteiger partial charge on any atom is -0.493 e. The van der Waals surface area contributed by atoms with E-state index < -0.39 is 34.5 Å². The fraction of sp³-hybridized carbons (Fsp3) is 0. The molecule has 0 atom stereocenters. The van der Waals surface area contributed by atoms with Gasteiger partial charge < -0.3 is 10.4 Å². The van der Waals surface area contributed by atoms with Crippen LogP contribution in [-0.4, -0.2) is 26.9 Å². The zero-order chi connectivity index (χ0) is 20.3. The summed E-state index contributed by atoms with van der Waals surface area (Å²) in [4.78, 5) is 41.5. The number of hydrogen-bond donors (Lipinski definition) is 3. The van der Waals surface area contributed by atoms with Crippen LogP contribution < -0.4 is 16.6 Å². The van der Waals surface area contributed by atoms with Gasteiger partial charge in [0.15, 0.2) is 0 Å². The number of H-pyrrole nitrogens is 1. The molecule has 0 saturated carbocycles. The standard InChI is InChI=1S/C18H12ClFN4O4/c19-10-2-1-3-13(8-10)24-16(26)14(15(25)23-18(24)28)9-21-17(27)22-12-6-4-11(20)5-7-12/h1-9,26H,(H,22,27)(H,23,25,28). The molecule has 3 aromatic rings. The number of aromatic hydroxyl groups is 1. The normalized spacial score (nSPS) is 10.9. The average molecular weight is 403 g/mol. The van der Waals surface area contributed by atoms with E-state index in [-0.39, 0.29) is 11.4 Å². The molecule has 0 aliphatic rings. The zero-order valence-electron chi connectivity index (χ0n) is 14.0. The molecule has 1 heterocycles. The Labute approximate surface area is 161 Å². The number of carbonyl (C=O) groups is 1. The van der Waals surface area contributed by atoms with Crippen molar-refractivity contribution >= 4 is 29.5 Å². The van der Waals surface area contributed by atoms with Crippen molar-refractivity contribution in [2.24, 2.45) is 4.99 Å². The summed E-state index contributed by atoms with van der Waals surface area (Å²) in [6.07, 6.45) is 0.813. The van der Waals surface area contributed by atoms with Crippen LogP contribution in [0.4, 0.5) is 14.9 Å². The van der Waals surface area contributed by atoms with Gasteiger partial charge in [0.05, 0.1) is 11.9 Å². The maximum Gasteiger partial charge on any atom is 0.345 e. The molecule has 0 spiro atoms. The Morgan fingerprint density at radius 2 is 1.93 bits per heavy atom. The third kappa shape index (κ3) is 4.15. The van der Waals surface area contributed by atoms with Crippen LogP contribution in [0, 0.1) is 5.82 Å². The molecule has 0 saturated heterocycles. The number of aromatic amines is 1. The van der Waals surface area contributed by atoms with Crippen LogP contribution in [0.25, 0.3) is 5.69 Å². The van der Waals surface area contributed by atoms with E-state index in [2.05, 4.69) is 10.3 Å². The molecule has 0 fully saturated rings. The highest BCUT2D eigenvalue weighted by Crippen LogP contribution is 2.18. The number of aromatic nitrogens is 2. The second-order valence-electron chi connectivity index (χ2n) is 5.51. The summed E-state index contributed by atoms with van der Waals surface area (Å²) in [6, 6.07) is 10.1. The van der Waals surface area contributed by atoms with Gasteiger partial charge in [-0.2, -0.15) is 0 Å². The first-order valence-electron chi connectivity index (χ1n) is 7.80. The average Bonchev–Trinajstić information content (AvgIpc) is 2.63. The predicted molar refractivity (Wildman–Crippen MR) is 102 cm³/mol. The molecule has 8 nitrogen and oxygen atoms in total. The van der Waals surface area contributed by atoms with E-state index in [4.69, 9.17) is 11.6 Å². The number of aliphatic imine (C=N–C) groups is 1. The number of anilines is 1. The summed E-state index contributed by atoms with van der Waals surface area (Å²) in [5, 5.41) is 13.0. The first kappa shape index (κ1) is 19.1. The molecular weight excluding hydrogens is 391 g/mol. The quantitative estimate of drug-likeness (QED) is 0.584. The maximum absolute atomic E-state index is 12.9. The Balaban J connectivity index is 1.93. The molecule has 142 valence electrons. The van der Waals surface area contributed by atoms with E-state index >= 15 is 0 Å². The van der Waals surface area contributed by atoms with Gasteiger partial charge in [-0.15, -0.1) is 0 Å². The lowest BCUT2D eigenvalue weighted by molar-refractivity contribution is 0.259. The summed E-state index contributed by atoms with van der Waals surface area (Å²) in [5.41, 5.74) is -1.74. The van der Waals surface area contributed by atoms with Crippen LogP contribution >= 0.6 is 11.6 Å². The van der Waals surface area contributed by atoms with Gasteiger partial charge in [-0.05, 0) is 42.5 Å². The van der Waals surface area contributed by atoms with Crippen molar-refractivity contribution in [3.05, 3.63) is 85.8 Å². The van der Waals surface area contributed by atoms with Crippen LogP contribution in [0.5, 0.6) is 5.88 Å². The minimum atomic E-state index is -0.931. The van der Waals surface area contributed by atoms with Gasteiger partial charge >= 0.3 is 11.7 Å². The topological polar surface area (TPSA) is 117 Å². The van der Waals surface area contributed by atoms with Gasteiger partial charge in [0.25, 0.3) is 5.56 Å². The maximum atomic E-state index is 12.9. The molecule has 0 unspecified atom stereocenters. The number of hydrogen-bond acceptors (Lipinski definition) is 4. The minimum absolute atomic E-state index is 0.205. The Bertz CT molecular complexity index is 1190. The van der Waals surface area contributed by atoms with Crippen molar-refractivity contribution in [2.45, 2.75) is 0 Å². The molecule has 10 heteroatoms. The molecule has 0 aliphatic carbocycles. The number of nitrogens with zero attached hydrogens (tertiary/aromatic N) is 2. The predicted octanol–water partition coefficient (Wildman–Crippen LogP) is 2.67. The van der Waals surface area contributed by atoms with Crippen LogP contribution in [0.15, 0.2) is 63.1 Å². The molecule has 2 aromatic carbocycles. The van der Waals surface area contributed by atoms with Crippen LogP contribution in [-0.2, 0) is 0 Å². The van der Waals surface area contributed by atoms with Crippen molar-refractivity contribution < 1.29 is 14.3 Å². The van der Waals surface area contributed by atoms with E-state index in [1.165, 1.54) is 24.3 Å². The highest BCUT2D eigenvalue weighted by molar-refractivity contribution is 6.30. The molecule has 0 aliphatic heterocycles. The lowest BCUT2D eigenvalue weighted by Crippen LogP contribution is -2.31. The summed E-state index contributed by atoms with van der Waals surface area (Å²) in [7, 11) is 0. The Morgan fingerprint density at radius 3 is 2.61 bits per heavy atom. The van der Waals surface area contributed by atoms with Crippen molar-refractivity contribution in [2.75, 3.05) is 5.32 Å². The lowest BCUT2D eigenvalue weighted by atomic mass is 10.3. The van der Waals surface area contributed by atoms with Gasteiger partial charge in [-0.25, -0.2) is 23.5 Å². The fourth-order valence-electron chi connectivity index (χ4n) is 2.32. The number of rotatable bonds is 3. The summed E-state index contributed by atoms with van der Waals surface area (Å²) in [5.74, 6) is -1.18. The van der Waals surface area contributed by atoms with Crippen molar-refractivity contribution in [3.63, 3.8) is 0 Å². The lowest BCUT2D eigenvalue weighted by Gasteiger charge is -2.09. The van der Waals surface area contributed by atoms with E-state index in [0.717, 1.165) is 22.9 Å². The number of nitrogens with one attached hydrogen (secondary N) is 2. The van der Waals surface area contributed by atoms with Crippen molar-refractivity contribution in [1.29, 1.82) is 0 Å². The van der Waals surface area contributed by atoms with Gasteiger partial charge in [0.2, 0.25) is 5.88 Å². The molecule has 2 amide bonds. The van der Waals surface area contributed by atoms with Crippen LogP contribution in [0.3, 0.4) is 0 Å². The fourth-order valence-corrected chi connectivity index (χ4v) is 2.51. The third-order valence-corrected chi connectivity index (χ3v) is 3.83. The molecule has 0 radical (unpaired) electrons. The highest BCUT2D eigenvalue weighted by Gasteiger charge is 2.15. The van der Waals surface area contributed by atoms with Crippen LogP contribution in [0.1, 0.15) is 5.56 Å². The largest absolute Gasteiger partial charge is 0.493 e. The van der Waals surface area contributed by atoms with Gasteiger partial charge in [-0.1, -0.05) is 17.7 Å². The Morgan fingerprint density at radius 1 is 1.21 bits per heavy atom. The second-order valence-corrected chi connectivity index (χ2v) is 5.94. The second kappa shape index (κ2) is 7.89. The molecular formula is C18H12ClFN4O4. The summed E-state index contributed by atoms with van der Waals surface area (Å²) >= 11 is 5.89. The van der Waals surface area contributed by atoms with E-state index in [1.54, 1.807) is 12.1 Å². The number of amides is 2. The highest BCUT2D eigenvalue weighted by atomic mass is 35.5. The molecule has 3 rings (SSSR count). The summed E-state index contributed by atoms with van der Waals surface area (Å²) < 4.78 is 13.7. The van der Waals surface area contributed by atoms with Gasteiger partial charge in [0, 0.05) is 10.7 Å².